The number of benzene rings is 1. The number of carbonyl (C=O) groups excluding carboxylic acids is 2. The van der Waals surface area contributed by atoms with Gasteiger partial charge in [0, 0.05) is 0 Å². The molecule has 0 aromatic heterocycles. The van der Waals surface area contributed by atoms with E-state index in [1.54, 1.807) is 12.1 Å². The fourth-order valence-corrected chi connectivity index (χ4v) is 4.07. The first-order chi connectivity index (χ1) is 11.6. The first kappa shape index (κ1) is 14.9. The van der Waals surface area contributed by atoms with Crippen LogP contribution in [0.5, 0.6) is 11.5 Å². The van der Waals surface area contributed by atoms with Crippen molar-refractivity contribution in [2.24, 2.45) is 28.8 Å². The Hall–Kier alpha value is -2.63. The van der Waals surface area contributed by atoms with Gasteiger partial charge in [-0.05, 0) is 48.4 Å². The van der Waals surface area contributed by atoms with Crippen LogP contribution in [0.4, 0.5) is 0 Å². The minimum absolute atomic E-state index is 0.0247. The first-order valence-electron chi connectivity index (χ1n) is 8.07. The molecule has 2 fully saturated rings. The summed E-state index contributed by atoms with van der Waals surface area (Å²) in [7, 11) is 1.46. The normalized spacial score (nSPS) is 31.1. The number of aromatic hydroxyl groups is 1. The maximum Gasteiger partial charge on any atom is 0.254 e. The van der Waals surface area contributed by atoms with E-state index in [9.17, 15) is 14.7 Å². The van der Waals surface area contributed by atoms with Crippen LogP contribution in [0.15, 0.2) is 35.5 Å². The summed E-state index contributed by atoms with van der Waals surface area (Å²) in [5.74, 6) is -0.265. The Labute approximate surface area is 139 Å². The highest BCUT2D eigenvalue weighted by Gasteiger charge is 2.56. The van der Waals surface area contributed by atoms with E-state index in [-0.39, 0.29) is 41.2 Å². The number of rotatable bonds is 3. The van der Waals surface area contributed by atoms with Crippen molar-refractivity contribution >= 4 is 18.0 Å². The maximum atomic E-state index is 12.6. The summed E-state index contributed by atoms with van der Waals surface area (Å²) >= 11 is 0. The van der Waals surface area contributed by atoms with Gasteiger partial charge in [-0.1, -0.05) is 12.2 Å². The number of hydrazone groups is 1. The highest BCUT2D eigenvalue weighted by atomic mass is 16.5. The monoisotopic (exact) mass is 326 g/mol. The molecular formula is C18H18N2O4. The summed E-state index contributed by atoms with van der Waals surface area (Å²) in [6.07, 6.45) is 7.55. The molecule has 2 amide bonds. The summed E-state index contributed by atoms with van der Waals surface area (Å²) in [5.41, 5.74) is 0.640. The van der Waals surface area contributed by atoms with Gasteiger partial charge in [-0.15, -0.1) is 0 Å². The minimum Gasteiger partial charge on any atom is -0.504 e. The van der Waals surface area contributed by atoms with Crippen molar-refractivity contribution in [1.29, 1.82) is 0 Å². The van der Waals surface area contributed by atoms with Gasteiger partial charge in [-0.25, -0.2) is 0 Å². The molecule has 6 nitrogen and oxygen atoms in total. The van der Waals surface area contributed by atoms with Gasteiger partial charge in [-0.2, -0.15) is 10.1 Å². The number of ether oxygens (including phenoxy) is 1. The van der Waals surface area contributed by atoms with Crippen LogP contribution in [0, 0.1) is 23.7 Å². The largest absolute Gasteiger partial charge is 0.504 e. The van der Waals surface area contributed by atoms with Crippen molar-refractivity contribution < 1.29 is 19.4 Å². The lowest BCUT2D eigenvalue weighted by atomic mass is 9.63. The highest BCUT2D eigenvalue weighted by molar-refractivity contribution is 6.06. The van der Waals surface area contributed by atoms with Crippen molar-refractivity contribution in [1.82, 2.24) is 5.01 Å². The van der Waals surface area contributed by atoms with Gasteiger partial charge in [0.15, 0.2) is 11.5 Å². The zero-order chi connectivity index (χ0) is 16.8. The molecule has 1 saturated carbocycles. The zero-order valence-corrected chi connectivity index (χ0v) is 13.3. The summed E-state index contributed by atoms with van der Waals surface area (Å²) in [4.78, 5) is 25.3. The quantitative estimate of drug-likeness (QED) is 0.523. The first-order valence-corrected chi connectivity index (χ1v) is 8.07. The molecule has 124 valence electrons. The predicted octanol–water partition coefficient (Wildman–Crippen LogP) is 1.93. The van der Waals surface area contributed by atoms with Crippen LogP contribution in [0.3, 0.4) is 0 Å². The lowest BCUT2D eigenvalue weighted by Crippen LogP contribution is -2.38. The number of hydrogen-bond acceptors (Lipinski definition) is 5. The van der Waals surface area contributed by atoms with Crippen molar-refractivity contribution in [3.05, 3.63) is 35.9 Å². The van der Waals surface area contributed by atoms with Crippen LogP contribution in [0.2, 0.25) is 0 Å². The Morgan fingerprint density at radius 2 is 1.79 bits per heavy atom. The maximum absolute atomic E-state index is 12.6. The molecule has 1 saturated heterocycles. The second-order valence-electron chi connectivity index (χ2n) is 6.51. The molecule has 1 aromatic carbocycles. The molecule has 1 heterocycles. The Balaban J connectivity index is 1.59. The molecule has 4 unspecified atom stereocenters. The van der Waals surface area contributed by atoms with Crippen LogP contribution in [0.1, 0.15) is 18.4 Å². The lowest BCUT2D eigenvalue weighted by molar-refractivity contribution is -0.140. The third kappa shape index (κ3) is 2.13. The summed E-state index contributed by atoms with van der Waals surface area (Å²) < 4.78 is 5.05. The Bertz CT molecular complexity index is 738. The number of phenols is 1. The van der Waals surface area contributed by atoms with Gasteiger partial charge in [0.05, 0.1) is 25.2 Å². The highest BCUT2D eigenvalue weighted by Crippen LogP contribution is 2.49. The lowest BCUT2D eigenvalue weighted by Gasteiger charge is -2.37. The molecule has 6 heteroatoms. The number of nitrogens with zero attached hydrogens (tertiary/aromatic N) is 2. The Morgan fingerprint density at radius 1 is 1.17 bits per heavy atom. The van der Waals surface area contributed by atoms with Gasteiger partial charge < -0.3 is 9.84 Å². The SMILES string of the molecule is COc1cc(/C=N/N2C(=O)C3C4C=CC(CC4)C3C2=O)ccc1O. The van der Waals surface area contributed by atoms with E-state index in [1.165, 1.54) is 19.4 Å². The molecule has 4 aliphatic rings. The molecule has 4 atom stereocenters. The number of amides is 2. The third-order valence-corrected chi connectivity index (χ3v) is 5.26. The smallest absolute Gasteiger partial charge is 0.254 e. The van der Waals surface area contributed by atoms with Crippen molar-refractivity contribution in [3.8, 4) is 11.5 Å². The average molecular weight is 326 g/mol. The molecule has 0 radical (unpaired) electrons. The molecular weight excluding hydrogens is 308 g/mol. The van der Waals surface area contributed by atoms with E-state index in [1.807, 2.05) is 0 Å². The molecule has 1 aliphatic heterocycles. The van der Waals surface area contributed by atoms with E-state index >= 15 is 0 Å². The third-order valence-electron chi connectivity index (χ3n) is 5.26. The molecule has 3 aliphatic carbocycles. The molecule has 5 rings (SSSR count). The fraction of sp³-hybridized carbons (Fsp3) is 0.389. The average Bonchev–Trinajstić information content (AvgIpc) is 2.88. The Kier molecular flexibility index (Phi) is 3.40. The van der Waals surface area contributed by atoms with Crippen molar-refractivity contribution in [2.75, 3.05) is 7.11 Å². The number of imide groups is 1. The number of carbonyl (C=O) groups is 2. The minimum atomic E-state index is -0.257. The molecule has 0 spiro atoms. The topological polar surface area (TPSA) is 79.2 Å². The molecule has 24 heavy (non-hydrogen) atoms. The second kappa shape index (κ2) is 5.47. The van der Waals surface area contributed by atoms with Gasteiger partial charge in [-0.3, -0.25) is 9.59 Å². The van der Waals surface area contributed by atoms with Crippen LogP contribution >= 0.6 is 0 Å². The predicted molar refractivity (Wildman–Crippen MR) is 86.4 cm³/mol. The van der Waals surface area contributed by atoms with E-state index in [0.29, 0.717) is 11.3 Å². The number of fused-ring (bicyclic) bond motifs is 1. The molecule has 1 aromatic rings. The van der Waals surface area contributed by atoms with Crippen LogP contribution in [0.25, 0.3) is 0 Å². The van der Waals surface area contributed by atoms with Crippen molar-refractivity contribution in [2.45, 2.75) is 12.8 Å². The van der Waals surface area contributed by atoms with E-state index < -0.39 is 0 Å². The van der Waals surface area contributed by atoms with E-state index in [0.717, 1.165) is 17.9 Å². The summed E-state index contributed by atoms with van der Waals surface area (Å²) in [5, 5.41) is 14.8. The van der Waals surface area contributed by atoms with Gasteiger partial charge in [0.25, 0.3) is 11.8 Å². The Morgan fingerprint density at radius 3 is 2.33 bits per heavy atom. The number of phenolic OH excluding ortho intramolecular Hbond substituents is 1. The molecule has 2 bridgehead atoms. The summed E-state index contributed by atoms with van der Waals surface area (Å²) in [6.45, 7) is 0. The van der Waals surface area contributed by atoms with Gasteiger partial charge >= 0.3 is 0 Å². The second-order valence-corrected chi connectivity index (χ2v) is 6.51. The zero-order valence-electron chi connectivity index (χ0n) is 13.3. The van der Waals surface area contributed by atoms with E-state index in [2.05, 4.69) is 17.3 Å². The van der Waals surface area contributed by atoms with Crippen LogP contribution < -0.4 is 4.74 Å². The van der Waals surface area contributed by atoms with Crippen molar-refractivity contribution in [3.63, 3.8) is 0 Å². The fourth-order valence-electron chi connectivity index (χ4n) is 4.07. The number of allylic oxidation sites excluding steroid dienone is 2. The molecule has 1 N–H and O–H groups in total. The number of hydrogen-bond donors (Lipinski definition) is 1. The number of methoxy groups -OCH3 is 1. The summed E-state index contributed by atoms with van der Waals surface area (Å²) in [6, 6.07) is 4.73. The van der Waals surface area contributed by atoms with Crippen LogP contribution in [-0.2, 0) is 9.59 Å². The standard InChI is InChI=1S/C18H18N2O4/c1-24-14-8-10(2-7-13(14)21)9-19-20-17(22)15-11-3-4-12(6-5-11)16(15)18(20)23/h2-4,7-9,11-12,15-16,21H,5-6H2,1H3/b19-9+. The van der Waals surface area contributed by atoms with Gasteiger partial charge in [0.2, 0.25) is 0 Å². The van der Waals surface area contributed by atoms with Gasteiger partial charge in [0.1, 0.15) is 0 Å². The van der Waals surface area contributed by atoms with E-state index in [4.69, 9.17) is 4.74 Å². The van der Waals surface area contributed by atoms with Crippen LogP contribution in [-0.4, -0.2) is 35.3 Å².